The van der Waals surface area contributed by atoms with E-state index in [1.165, 1.54) is 0 Å². The molecule has 0 radical (unpaired) electrons. The molecular formula is C23H24F3N5O6. The van der Waals surface area contributed by atoms with Crippen molar-refractivity contribution in [1.29, 1.82) is 5.41 Å². The summed E-state index contributed by atoms with van der Waals surface area (Å²) in [4.78, 5) is 46.4. The molecule has 2 aromatic carbocycles. The van der Waals surface area contributed by atoms with Crippen LogP contribution < -0.4 is 21.3 Å². The Bertz CT molecular complexity index is 1170. The minimum atomic E-state index is -5.08. The zero-order chi connectivity index (χ0) is 27.8. The highest BCUT2D eigenvalue weighted by Crippen LogP contribution is 2.23. The fourth-order valence-electron chi connectivity index (χ4n) is 3.31. The molecule has 0 unspecified atom stereocenters. The van der Waals surface area contributed by atoms with E-state index < -0.39 is 30.2 Å². The first-order chi connectivity index (χ1) is 17.3. The maximum atomic E-state index is 12.7. The number of carbonyl (C=O) groups is 4. The van der Waals surface area contributed by atoms with Crippen molar-refractivity contribution in [3.63, 3.8) is 0 Å². The van der Waals surface area contributed by atoms with E-state index in [9.17, 15) is 27.6 Å². The van der Waals surface area contributed by atoms with Crippen molar-refractivity contribution in [3.05, 3.63) is 59.7 Å². The molecule has 0 aliphatic carbocycles. The number of carboxylic acid groups (broad SMARTS) is 2. The van der Waals surface area contributed by atoms with Crippen LogP contribution in [0.2, 0.25) is 0 Å². The summed E-state index contributed by atoms with van der Waals surface area (Å²) in [6.45, 7) is 0.457. The molecule has 37 heavy (non-hydrogen) atoms. The van der Waals surface area contributed by atoms with Gasteiger partial charge in [0.15, 0.2) is 0 Å². The molecule has 0 spiro atoms. The maximum Gasteiger partial charge on any atom is 0.490 e. The molecule has 1 aliphatic rings. The Morgan fingerprint density at radius 1 is 1.08 bits per heavy atom. The first-order valence-electron chi connectivity index (χ1n) is 10.7. The van der Waals surface area contributed by atoms with E-state index in [1.54, 1.807) is 53.4 Å². The third-order valence-corrected chi connectivity index (χ3v) is 5.12. The van der Waals surface area contributed by atoms with E-state index >= 15 is 0 Å². The summed E-state index contributed by atoms with van der Waals surface area (Å²) in [5.74, 6) is -3.94. The number of benzene rings is 2. The van der Waals surface area contributed by atoms with Gasteiger partial charge in [-0.05, 0) is 48.7 Å². The minimum Gasteiger partial charge on any atom is -0.481 e. The Kier molecular flexibility index (Phi) is 9.57. The molecule has 7 N–H and O–H groups in total. The first-order valence-corrected chi connectivity index (χ1v) is 10.7. The molecular weight excluding hydrogens is 499 g/mol. The standard InChI is InChI=1S/C21H23N5O4.C2HF3O2/c22-19(23)14-5-8-15(9-6-14)26-12-11-17(20(26)29)25-21(30)24-16-4-2-1-3-13(16)7-10-18(27)28;3-2(4,5)1(6)7/h1-6,8-9,17H,7,10-12H2,(H3,22,23)(H,27,28)(H2,24,25,30);(H,6,7)/t17-;/m0./s1. The van der Waals surface area contributed by atoms with Crippen molar-refractivity contribution in [1.82, 2.24) is 5.32 Å². The molecule has 3 rings (SSSR count). The van der Waals surface area contributed by atoms with Gasteiger partial charge in [-0.3, -0.25) is 15.0 Å². The van der Waals surface area contributed by atoms with Crippen molar-refractivity contribution in [2.75, 3.05) is 16.8 Å². The Labute approximate surface area is 208 Å². The number of aryl methyl sites for hydroxylation is 1. The van der Waals surface area contributed by atoms with Gasteiger partial charge in [0.1, 0.15) is 11.9 Å². The molecule has 14 heteroatoms. The molecule has 11 nitrogen and oxygen atoms in total. The molecule has 0 saturated carbocycles. The molecule has 3 amide bonds. The van der Waals surface area contributed by atoms with Gasteiger partial charge in [-0.2, -0.15) is 13.2 Å². The van der Waals surface area contributed by atoms with Crippen LogP contribution in [-0.4, -0.2) is 58.7 Å². The van der Waals surface area contributed by atoms with Crippen LogP contribution in [0.1, 0.15) is 24.0 Å². The van der Waals surface area contributed by atoms with Crippen molar-refractivity contribution >= 4 is 41.1 Å². The normalized spacial score (nSPS) is 14.8. The van der Waals surface area contributed by atoms with Crippen LogP contribution in [-0.2, 0) is 20.8 Å². The van der Waals surface area contributed by atoms with Gasteiger partial charge in [-0.1, -0.05) is 18.2 Å². The number of nitrogens with two attached hydrogens (primary N) is 1. The van der Waals surface area contributed by atoms with Gasteiger partial charge in [0.05, 0.1) is 0 Å². The second-order valence-corrected chi connectivity index (χ2v) is 7.74. The third kappa shape index (κ3) is 8.52. The summed E-state index contributed by atoms with van der Waals surface area (Å²) in [5, 5.41) is 28.8. The number of para-hydroxylation sites is 1. The molecule has 1 fully saturated rings. The predicted molar refractivity (Wildman–Crippen MR) is 126 cm³/mol. The Morgan fingerprint density at radius 2 is 1.68 bits per heavy atom. The third-order valence-electron chi connectivity index (χ3n) is 5.12. The number of aliphatic carboxylic acids is 2. The number of halogens is 3. The smallest absolute Gasteiger partial charge is 0.481 e. The lowest BCUT2D eigenvalue weighted by Gasteiger charge is -2.18. The number of carboxylic acids is 2. The highest BCUT2D eigenvalue weighted by atomic mass is 19.4. The largest absolute Gasteiger partial charge is 0.490 e. The van der Waals surface area contributed by atoms with Crippen molar-refractivity contribution in [2.24, 2.45) is 5.73 Å². The van der Waals surface area contributed by atoms with E-state index in [4.69, 9.17) is 26.2 Å². The van der Waals surface area contributed by atoms with Gasteiger partial charge >= 0.3 is 24.1 Å². The van der Waals surface area contributed by atoms with Gasteiger partial charge in [-0.15, -0.1) is 0 Å². The topological polar surface area (TPSA) is 186 Å². The Balaban J connectivity index is 0.000000604. The fourth-order valence-corrected chi connectivity index (χ4v) is 3.31. The Hall–Kier alpha value is -4.62. The predicted octanol–water partition coefficient (Wildman–Crippen LogP) is 2.55. The van der Waals surface area contributed by atoms with E-state index in [1.807, 2.05) is 0 Å². The molecule has 1 heterocycles. The first kappa shape index (κ1) is 28.6. The zero-order valence-corrected chi connectivity index (χ0v) is 19.2. The number of nitrogen functional groups attached to an aromatic ring is 1. The lowest BCUT2D eigenvalue weighted by molar-refractivity contribution is -0.192. The van der Waals surface area contributed by atoms with Crippen molar-refractivity contribution in [2.45, 2.75) is 31.5 Å². The Morgan fingerprint density at radius 3 is 2.22 bits per heavy atom. The average Bonchev–Trinajstić information content (AvgIpc) is 3.18. The number of rotatable bonds is 7. The van der Waals surface area contributed by atoms with Crippen LogP contribution in [0.15, 0.2) is 48.5 Å². The molecule has 1 saturated heterocycles. The molecule has 198 valence electrons. The monoisotopic (exact) mass is 523 g/mol. The van der Waals surface area contributed by atoms with E-state index in [2.05, 4.69) is 10.6 Å². The summed E-state index contributed by atoms with van der Waals surface area (Å²) in [7, 11) is 0. The average molecular weight is 523 g/mol. The number of carbonyl (C=O) groups excluding carboxylic acids is 2. The lowest BCUT2D eigenvalue weighted by Crippen LogP contribution is -2.43. The maximum absolute atomic E-state index is 12.7. The van der Waals surface area contributed by atoms with Gasteiger partial charge in [-0.25, -0.2) is 9.59 Å². The number of nitrogens with zero attached hydrogens (tertiary/aromatic N) is 1. The second kappa shape index (κ2) is 12.4. The quantitative estimate of drug-likeness (QED) is 0.238. The summed E-state index contributed by atoms with van der Waals surface area (Å²) in [5.41, 5.74) is 7.91. The summed E-state index contributed by atoms with van der Waals surface area (Å²) < 4.78 is 31.7. The van der Waals surface area contributed by atoms with E-state index in [-0.39, 0.29) is 24.6 Å². The number of alkyl halides is 3. The van der Waals surface area contributed by atoms with Gasteiger partial charge in [0.25, 0.3) is 0 Å². The number of hydrogen-bond donors (Lipinski definition) is 6. The van der Waals surface area contributed by atoms with Crippen molar-refractivity contribution < 1.29 is 42.6 Å². The highest BCUT2D eigenvalue weighted by Gasteiger charge is 2.38. The second-order valence-electron chi connectivity index (χ2n) is 7.74. The number of anilines is 2. The van der Waals surface area contributed by atoms with Crippen molar-refractivity contribution in [3.8, 4) is 0 Å². The molecule has 0 aromatic heterocycles. The van der Waals surface area contributed by atoms with Crippen LogP contribution in [0.25, 0.3) is 0 Å². The number of amides is 3. The summed E-state index contributed by atoms with van der Waals surface area (Å²) >= 11 is 0. The molecule has 1 atom stereocenters. The van der Waals surface area contributed by atoms with Crippen LogP contribution >= 0.6 is 0 Å². The number of amidine groups is 1. The summed E-state index contributed by atoms with van der Waals surface area (Å²) in [6.07, 6.45) is -4.38. The van der Waals surface area contributed by atoms with Gasteiger partial charge in [0, 0.05) is 29.9 Å². The van der Waals surface area contributed by atoms with Crippen LogP contribution in [0.5, 0.6) is 0 Å². The van der Waals surface area contributed by atoms with Crippen LogP contribution in [0, 0.1) is 5.41 Å². The van der Waals surface area contributed by atoms with E-state index in [0.29, 0.717) is 35.5 Å². The zero-order valence-electron chi connectivity index (χ0n) is 19.2. The molecule has 1 aliphatic heterocycles. The highest BCUT2D eigenvalue weighted by molar-refractivity contribution is 6.03. The van der Waals surface area contributed by atoms with Gasteiger partial charge in [0.2, 0.25) is 5.91 Å². The SMILES string of the molecule is N=C(N)c1ccc(N2CC[C@H](NC(=O)Nc3ccccc3CCC(=O)O)C2=O)cc1.O=C(O)C(F)(F)F. The van der Waals surface area contributed by atoms with E-state index in [0.717, 1.165) is 0 Å². The minimum absolute atomic E-state index is 0.0429. The molecule has 2 aromatic rings. The van der Waals surface area contributed by atoms with Gasteiger partial charge < -0.3 is 31.5 Å². The number of nitrogens with one attached hydrogen (secondary N) is 3. The lowest BCUT2D eigenvalue weighted by atomic mass is 10.1. The number of hydrogen-bond acceptors (Lipinski definition) is 5. The molecule has 0 bridgehead atoms. The van der Waals surface area contributed by atoms with Crippen LogP contribution in [0.3, 0.4) is 0 Å². The summed E-state index contributed by atoms with van der Waals surface area (Å²) in [6, 6.07) is 12.6. The fraction of sp³-hybridized carbons (Fsp3) is 0.261. The van der Waals surface area contributed by atoms with Crippen LogP contribution in [0.4, 0.5) is 29.3 Å². The number of urea groups is 1.